The predicted molar refractivity (Wildman–Crippen MR) is 107 cm³/mol. The molecule has 6 nitrogen and oxygen atoms in total. The number of benzene rings is 1. The van der Waals surface area contributed by atoms with Gasteiger partial charge >= 0.3 is 0 Å². The third kappa shape index (κ3) is 6.67. The average Bonchev–Trinajstić information content (AvgIpc) is 2.65. The van der Waals surface area contributed by atoms with Crippen LogP contribution in [-0.4, -0.2) is 68.0 Å². The van der Waals surface area contributed by atoms with Gasteiger partial charge in [0.2, 0.25) is 5.91 Å². The standard InChI is InChI=1S/C20H33N5O/c1-4-21-20(23-15-19(26)24(2)3)22-14-18-12-8-9-13-25(18)16-17-10-6-5-7-11-17/h5-7,10-11,18H,4,8-9,12-16H2,1-3H3,(H2,21,22,23). The molecule has 1 saturated heterocycles. The van der Waals surface area contributed by atoms with Crippen LogP contribution in [0.1, 0.15) is 31.7 Å². The van der Waals surface area contributed by atoms with Crippen molar-refractivity contribution < 1.29 is 4.79 Å². The molecule has 1 heterocycles. The number of rotatable bonds is 7. The average molecular weight is 360 g/mol. The predicted octanol–water partition coefficient (Wildman–Crippen LogP) is 1.68. The molecule has 0 radical (unpaired) electrons. The van der Waals surface area contributed by atoms with Gasteiger partial charge in [-0.25, -0.2) is 4.99 Å². The summed E-state index contributed by atoms with van der Waals surface area (Å²) < 4.78 is 0. The number of aliphatic imine (C=N–C) groups is 1. The number of likely N-dealkylation sites (N-methyl/N-ethyl adjacent to an activating group) is 1. The van der Waals surface area contributed by atoms with Gasteiger partial charge < -0.3 is 15.5 Å². The summed E-state index contributed by atoms with van der Waals surface area (Å²) >= 11 is 0. The van der Waals surface area contributed by atoms with E-state index >= 15 is 0 Å². The van der Waals surface area contributed by atoms with E-state index in [4.69, 9.17) is 0 Å². The number of hydrogen-bond acceptors (Lipinski definition) is 3. The number of hydrogen-bond donors (Lipinski definition) is 2. The molecule has 1 atom stereocenters. The third-order valence-corrected chi connectivity index (χ3v) is 4.70. The number of nitrogens with one attached hydrogen (secondary N) is 2. The summed E-state index contributed by atoms with van der Waals surface area (Å²) in [5.41, 5.74) is 1.36. The third-order valence-electron chi connectivity index (χ3n) is 4.70. The molecule has 26 heavy (non-hydrogen) atoms. The summed E-state index contributed by atoms with van der Waals surface area (Å²) in [6.45, 7) is 5.94. The molecule has 1 aromatic rings. The monoisotopic (exact) mass is 359 g/mol. The quantitative estimate of drug-likeness (QED) is 0.574. The maximum atomic E-state index is 11.8. The summed E-state index contributed by atoms with van der Waals surface area (Å²) in [7, 11) is 3.50. The molecular formula is C20H33N5O. The molecule has 1 aliphatic heterocycles. The molecule has 0 spiro atoms. The van der Waals surface area contributed by atoms with Crippen LogP contribution in [0.3, 0.4) is 0 Å². The highest BCUT2D eigenvalue weighted by Gasteiger charge is 2.22. The maximum absolute atomic E-state index is 11.8. The molecule has 6 heteroatoms. The van der Waals surface area contributed by atoms with Crippen LogP contribution in [0.25, 0.3) is 0 Å². The van der Waals surface area contributed by atoms with Gasteiger partial charge in [0.15, 0.2) is 5.96 Å². The van der Waals surface area contributed by atoms with Gasteiger partial charge in [-0.05, 0) is 31.9 Å². The number of likely N-dealkylation sites (tertiary alicyclic amines) is 1. The Hall–Kier alpha value is -2.08. The van der Waals surface area contributed by atoms with Crippen LogP contribution in [0.4, 0.5) is 0 Å². The summed E-state index contributed by atoms with van der Waals surface area (Å²) in [5, 5.41) is 6.66. The molecule has 0 saturated carbocycles. The van der Waals surface area contributed by atoms with Crippen LogP contribution < -0.4 is 10.6 Å². The van der Waals surface area contributed by atoms with Crippen LogP contribution in [0.2, 0.25) is 0 Å². The fourth-order valence-electron chi connectivity index (χ4n) is 3.16. The van der Waals surface area contributed by atoms with Crippen molar-refractivity contribution in [2.75, 3.05) is 40.3 Å². The van der Waals surface area contributed by atoms with Crippen LogP contribution in [-0.2, 0) is 11.3 Å². The summed E-state index contributed by atoms with van der Waals surface area (Å²) in [6, 6.07) is 11.1. The summed E-state index contributed by atoms with van der Waals surface area (Å²) in [5.74, 6) is 0.721. The van der Waals surface area contributed by atoms with Gasteiger partial charge in [0.05, 0.1) is 0 Å². The van der Waals surface area contributed by atoms with Crippen molar-refractivity contribution in [2.24, 2.45) is 4.99 Å². The molecule has 1 aromatic carbocycles. The molecule has 144 valence electrons. The van der Waals surface area contributed by atoms with E-state index in [1.54, 1.807) is 19.0 Å². The van der Waals surface area contributed by atoms with Crippen molar-refractivity contribution in [3.8, 4) is 0 Å². The number of carbonyl (C=O) groups is 1. The lowest BCUT2D eigenvalue weighted by molar-refractivity contribution is -0.127. The van der Waals surface area contributed by atoms with Crippen molar-refractivity contribution >= 4 is 11.9 Å². The molecule has 1 amide bonds. The summed E-state index contributed by atoms with van der Waals surface area (Å²) in [4.78, 5) is 20.3. The van der Waals surface area contributed by atoms with Crippen molar-refractivity contribution in [3.05, 3.63) is 35.9 Å². The Morgan fingerprint density at radius 1 is 1.23 bits per heavy atom. The van der Waals surface area contributed by atoms with Gasteiger partial charge in [0, 0.05) is 39.8 Å². The van der Waals surface area contributed by atoms with E-state index in [-0.39, 0.29) is 12.5 Å². The summed E-state index contributed by atoms with van der Waals surface area (Å²) in [6.07, 6.45) is 3.72. The van der Waals surface area contributed by atoms with Crippen molar-refractivity contribution in [1.29, 1.82) is 0 Å². The van der Waals surface area contributed by atoms with Gasteiger partial charge in [-0.1, -0.05) is 36.8 Å². The van der Waals surface area contributed by atoms with Gasteiger partial charge in [-0.15, -0.1) is 0 Å². The normalized spacial score (nSPS) is 18.4. The Bertz CT molecular complexity index is 573. The minimum absolute atomic E-state index is 0.00516. The van der Waals surface area contributed by atoms with Crippen molar-refractivity contribution in [1.82, 2.24) is 20.4 Å². The molecule has 0 aromatic heterocycles. The van der Waals surface area contributed by atoms with E-state index < -0.39 is 0 Å². The van der Waals surface area contributed by atoms with E-state index in [0.717, 1.165) is 26.2 Å². The Labute approximate surface area is 157 Å². The Morgan fingerprint density at radius 3 is 2.69 bits per heavy atom. The molecule has 0 aliphatic carbocycles. The lowest BCUT2D eigenvalue weighted by Crippen LogP contribution is -2.49. The van der Waals surface area contributed by atoms with Crippen LogP contribution in [0, 0.1) is 0 Å². The second kappa shape index (κ2) is 10.8. The highest BCUT2D eigenvalue weighted by molar-refractivity contribution is 5.84. The maximum Gasteiger partial charge on any atom is 0.243 e. The second-order valence-corrected chi connectivity index (χ2v) is 6.97. The van der Waals surface area contributed by atoms with Crippen LogP contribution in [0.5, 0.6) is 0 Å². The molecule has 2 N–H and O–H groups in total. The molecule has 0 bridgehead atoms. The highest BCUT2D eigenvalue weighted by Crippen LogP contribution is 2.19. The molecular weight excluding hydrogens is 326 g/mol. The molecule has 2 rings (SSSR count). The first-order chi connectivity index (χ1) is 12.6. The van der Waals surface area contributed by atoms with Gasteiger partial charge in [0.25, 0.3) is 0 Å². The first-order valence-corrected chi connectivity index (χ1v) is 9.60. The first-order valence-electron chi connectivity index (χ1n) is 9.60. The molecule has 1 fully saturated rings. The SMILES string of the molecule is CCNC(=NCC(=O)N(C)C)NCC1CCCCN1Cc1ccccc1. The zero-order chi connectivity index (χ0) is 18.8. The number of nitrogens with zero attached hydrogens (tertiary/aromatic N) is 3. The smallest absolute Gasteiger partial charge is 0.243 e. The van der Waals surface area contributed by atoms with Gasteiger partial charge in [0.1, 0.15) is 6.54 Å². The molecule has 1 unspecified atom stereocenters. The fourth-order valence-corrected chi connectivity index (χ4v) is 3.16. The minimum Gasteiger partial charge on any atom is -0.357 e. The van der Waals surface area contributed by atoms with E-state index in [1.165, 1.54) is 24.8 Å². The topological polar surface area (TPSA) is 60.0 Å². The molecule has 1 aliphatic rings. The Kier molecular flexibility index (Phi) is 8.41. The van der Waals surface area contributed by atoms with E-state index in [9.17, 15) is 4.79 Å². The first kappa shape index (κ1) is 20.2. The zero-order valence-electron chi connectivity index (χ0n) is 16.4. The zero-order valence-corrected chi connectivity index (χ0v) is 16.4. The fraction of sp³-hybridized carbons (Fsp3) is 0.600. The lowest BCUT2D eigenvalue weighted by atomic mass is 10.0. The number of amides is 1. The van der Waals surface area contributed by atoms with E-state index in [2.05, 4.69) is 50.9 Å². The highest BCUT2D eigenvalue weighted by atomic mass is 16.2. The second-order valence-electron chi connectivity index (χ2n) is 6.97. The minimum atomic E-state index is 0.00516. The number of piperidine rings is 1. The van der Waals surface area contributed by atoms with Crippen molar-refractivity contribution in [3.63, 3.8) is 0 Å². The van der Waals surface area contributed by atoms with E-state index in [1.807, 2.05) is 6.92 Å². The van der Waals surface area contributed by atoms with Crippen LogP contribution >= 0.6 is 0 Å². The Morgan fingerprint density at radius 2 is 2.00 bits per heavy atom. The van der Waals surface area contributed by atoms with Crippen molar-refractivity contribution in [2.45, 2.75) is 38.8 Å². The van der Waals surface area contributed by atoms with E-state index in [0.29, 0.717) is 12.0 Å². The van der Waals surface area contributed by atoms with Gasteiger partial charge in [-0.2, -0.15) is 0 Å². The lowest BCUT2D eigenvalue weighted by Gasteiger charge is -2.36. The van der Waals surface area contributed by atoms with Crippen LogP contribution in [0.15, 0.2) is 35.3 Å². The number of carbonyl (C=O) groups excluding carboxylic acids is 1. The van der Waals surface area contributed by atoms with Gasteiger partial charge in [-0.3, -0.25) is 9.69 Å². The Balaban J connectivity index is 1.92. The largest absolute Gasteiger partial charge is 0.357 e. The number of guanidine groups is 1.